The van der Waals surface area contributed by atoms with Crippen LogP contribution in [-0.2, 0) is 10.0 Å². The molecule has 1 aromatic heterocycles. The van der Waals surface area contributed by atoms with Gasteiger partial charge in [0.1, 0.15) is 4.21 Å². The molecule has 0 saturated heterocycles. The Bertz CT molecular complexity index is 701. The lowest BCUT2D eigenvalue weighted by molar-refractivity contribution is 0.252. The second kappa shape index (κ2) is 5.98. The van der Waals surface area contributed by atoms with Crippen LogP contribution in [0.2, 0.25) is 0 Å². The molecule has 0 fully saturated rings. The van der Waals surface area contributed by atoms with E-state index < -0.39 is 15.8 Å². The van der Waals surface area contributed by atoms with Crippen LogP contribution in [0, 0.1) is 0 Å². The Balaban J connectivity index is 2.30. The van der Waals surface area contributed by atoms with Crippen molar-refractivity contribution >= 4 is 44.5 Å². The summed E-state index contributed by atoms with van der Waals surface area (Å²) in [4.78, 5) is 0.163. The van der Waals surface area contributed by atoms with Crippen molar-refractivity contribution in [1.82, 2.24) is 0 Å². The zero-order chi connectivity index (χ0) is 14.8. The molecule has 0 aliphatic rings. The molecule has 9 heteroatoms. The second-order valence-electron chi connectivity index (χ2n) is 3.68. The molecule has 0 spiro atoms. The molecule has 0 bridgehead atoms. The number of hydrogen-bond acceptors (Lipinski definition) is 5. The van der Waals surface area contributed by atoms with Gasteiger partial charge in [-0.05, 0) is 18.2 Å². The van der Waals surface area contributed by atoms with Crippen molar-refractivity contribution in [3.63, 3.8) is 0 Å². The molecule has 0 aliphatic heterocycles. The minimum atomic E-state index is -3.82. The van der Waals surface area contributed by atoms with Gasteiger partial charge in [-0.15, -0.1) is 11.3 Å². The summed E-state index contributed by atoms with van der Waals surface area (Å²) in [6.45, 7) is 0. The van der Waals surface area contributed by atoms with Crippen LogP contribution in [-0.4, -0.2) is 14.2 Å². The van der Waals surface area contributed by atoms with Gasteiger partial charge >= 0.3 is 0 Å². The van der Waals surface area contributed by atoms with Crippen molar-refractivity contribution in [3.8, 4) is 0 Å². The second-order valence-corrected chi connectivity index (χ2v) is 7.53. The van der Waals surface area contributed by atoms with Gasteiger partial charge < -0.3 is 5.73 Å². The lowest BCUT2D eigenvalue weighted by Gasteiger charge is -2.10. The summed E-state index contributed by atoms with van der Waals surface area (Å²) in [6, 6.07) is 7.30. The van der Waals surface area contributed by atoms with Crippen LogP contribution in [0.15, 0.2) is 44.8 Å². The zero-order valence-corrected chi connectivity index (χ0v) is 12.4. The Labute approximate surface area is 123 Å². The van der Waals surface area contributed by atoms with Gasteiger partial charge in [-0.2, -0.15) is 8.78 Å². The third-order valence-electron chi connectivity index (χ3n) is 2.21. The topological polar surface area (TPSA) is 72.2 Å². The number of halogens is 2. The molecule has 20 heavy (non-hydrogen) atoms. The van der Waals surface area contributed by atoms with Crippen LogP contribution in [0.1, 0.15) is 0 Å². The minimum Gasteiger partial charge on any atom is -0.398 e. The summed E-state index contributed by atoms with van der Waals surface area (Å²) < 4.78 is 51.4. The molecule has 0 amide bonds. The molecule has 0 radical (unpaired) electrons. The largest absolute Gasteiger partial charge is 0.398 e. The van der Waals surface area contributed by atoms with Gasteiger partial charge in [-0.25, -0.2) is 8.42 Å². The summed E-state index contributed by atoms with van der Waals surface area (Å²) in [5, 5.41) is 1.49. The van der Waals surface area contributed by atoms with E-state index in [0.29, 0.717) is 5.69 Å². The van der Waals surface area contributed by atoms with E-state index in [9.17, 15) is 17.2 Å². The van der Waals surface area contributed by atoms with E-state index in [2.05, 4.69) is 4.72 Å². The highest BCUT2D eigenvalue weighted by atomic mass is 32.2. The number of nitrogens with one attached hydrogen (secondary N) is 1. The number of thioether (sulfide) groups is 1. The predicted molar refractivity (Wildman–Crippen MR) is 77.8 cm³/mol. The molecule has 1 aromatic carbocycles. The molecule has 0 saturated carbocycles. The highest BCUT2D eigenvalue weighted by Crippen LogP contribution is 2.33. The molecule has 2 rings (SSSR count). The fourth-order valence-corrected chi connectivity index (χ4v) is 4.24. The molecule has 2 aromatic rings. The van der Waals surface area contributed by atoms with Crippen molar-refractivity contribution in [2.24, 2.45) is 0 Å². The van der Waals surface area contributed by atoms with E-state index in [1.165, 1.54) is 23.6 Å². The first-order valence-electron chi connectivity index (χ1n) is 5.29. The Morgan fingerprint density at radius 3 is 2.60 bits per heavy atom. The minimum absolute atomic E-state index is 0.0341. The Hall–Kier alpha value is -1.32. The Morgan fingerprint density at radius 2 is 2.00 bits per heavy atom. The van der Waals surface area contributed by atoms with Gasteiger partial charge in [-0.3, -0.25) is 4.72 Å². The molecule has 0 unspecified atom stereocenters. The normalized spacial score (nSPS) is 11.8. The van der Waals surface area contributed by atoms with E-state index in [0.717, 1.165) is 11.3 Å². The average Bonchev–Trinajstić information content (AvgIpc) is 2.78. The number of para-hydroxylation sites is 1. The van der Waals surface area contributed by atoms with E-state index in [1.54, 1.807) is 12.1 Å². The molecule has 0 aliphatic carbocycles. The number of thiophene rings is 1. The fraction of sp³-hybridized carbons (Fsp3) is 0.0909. The monoisotopic (exact) mass is 336 g/mol. The summed E-state index contributed by atoms with van der Waals surface area (Å²) in [5.41, 5.74) is 5.93. The van der Waals surface area contributed by atoms with Crippen LogP contribution < -0.4 is 10.5 Å². The van der Waals surface area contributed by atoms with Crippen LogP contribution in [0.3, 0.4) is 0 Å². The number of anilines is 2. The molecule has 4 nitrogen and oxygen atoms in total. The van der Waals surface area contributed by atoms with E-state index in [4.69, 9.17) is 5.73 Å². The first kappa shape index (κ1) is 15.1. The third kappa shape index (κ3) is 3.62. The zero-order valence-electron chi connectivity index (χ0n) is 9.92. The van der Waals surface area contributed by atoms with Crippen LogP contribution in [0.25, 0.3) is 0 Å². The van der Waals surface area contributed by atoms with E-state index in [-0.39, 0.29) is 26.6 Å². The molecular weight excluding hydrogens is 326 g/mol. The summed E-state index contributed by atoms with van der Waals surface area (Å²) in [5.74, 6) is -2.63. The van der Waals surface area contributed by atoms with Crippen molar-refractivity contribution in [3.05, 3.63) is 35.7 Å². The number of sulfonamides is 1. The first-order chi connectivity index (χ1) is 9.38. The highest BCUT2D eigenvalue weighted by molar-refractivity contribution is 8.00. The number of nitrogens with two attached hydrogens (primary N) is 1. The number of benzene rings is 1. The standard InChI is InChI=1S/C11H10F2N2O2S3/c12-11(13)19-9-4-2-1-3-8(9)15-20(16,17)10-5-7(14)6-18-10/h1-6,11,15H,14H2. The third-order valence-corrected chi connectivity index (χ3v) is 5.82. The maximum atomic E-state index is 12.4. The quantitative estimate of drug-likeness (QED) is 0.820. The average molecular weight is 336 g/mol. The van der Waals surface area contributed by atoms with Crippen molar-refractivity contribution < 1.29 is 17.2 Å². The van der Waals surface area contributed by atoms with E-state index >= 15 is 0 Å². The first-order valence-corrected chi connectivity index (χ1v) is 8.53. The van der Waals surface area contributed by atoms with Gasteiger partial charge in [-0.1, -0.05) is 23.9 Å². The Kier molecular flexibility index (Phi) is 4.51. The van der Waals surface area contributed by atoms with E-state index in [1.807, 2.05) is 0 Å². The van der Waals surface area contributed by atoms with Crippen LogP contribution in [0.5, 0.6) is 0 Å². The Morgan fingerprint density at radius 1 is 1.30 bits per heavy atom. The maximum absolute atomic E-state index is 12.4. The number of alkyl halides is 2. The molecule has 0 atom stereocenters. The SMILES string of the molecule is Nc1csc(S(=O)(=O)Nc2ccccc2SC(F)F)c1. The predicted octanol–water partition coefficient (Wildman–Crippen LogP) is 3.45. The smallest absolute Gasteiger partial charge is 0.288 e. The van der Waals surface area contributed by atoms with Crippen LogP contribution in [0.4, 0.5) is 20.2 Å². The van der Waals surface area contributed by atoms with Gasteiger partial charge in [0.05, 0.1) is 5.69 Å². The molecule has 1 heterocycles. The van der Waals surface area contributed by atoms with Gasteiger partial charge in [0.2, 0.25) is 0 Å². The number of hydrogen-bond donors (Lipinski definition) is 2. The lowest BCUT2D eigenvalue weighted by atomic mass is 10.3. The molecule has 3 N–H and O–H groups in total. The van der Waals surface area contributed by atoms with Gasteiger partial charge in [0, 0.05) is 16.0 Å². The number of nitrogen functional groups attached to an aromatic ring is 1. The van der Waals surface area contributed by atoms with Crippen LogP contribution >= 0.6 is 23.1 Å². The summed E-state index contributed by atoms with van der Waals surface area (Å²) in [6.07, 6.45) is 0. The molecular formula is C11H10F2N2O2S3. The van der Waals surface area contributed by atoms with Crippen molar-refractivity contribution in [2.75, 3.05) is 10.5 Å². The van der Waals surface area contributed by atoms with Crippen molar-refractivity contribution in [1.29, 1.82) is 0 Å². The maximum Gasteiger partial charge on any atom is 0.288 e. The fourth-order valence-electron chi connectivity index (χ4n) is 1.42. The van der Waals surface area contributed by atoms with Gasteiger partial charge in [0.25, 0.3) is 15.8 Å². The summed E-state index contributed by atoms with van der Waals surface area (Å²) in [7, 11) is -3.82. The van der Waals surface area contributed by atoms with Gasteiger partial charge in [0.15, 0.2) is 0 Å². The lowest BCUT2D eigenvalue weighted by Crippen LogP contribution is -2.12. The summed E-state index contributed by atoms with van der Waals surface area (Å²) >= 11 is 1.25. The number of rotatable bonds is 5. The van der Waals surface area contributed by atoms with Crippen molar-refractivity contribution in [2.45, 2.75) is 14.9 Å². The molecule has 108 valence electrons. The highest BCUT2D eigenvalue weighted by Gasteiger charge is 2.19.